The van der Waals surface area contributed by atoms with Gasteiger partial charge in [0.2, 0.25) is 5.91 Å². The maximum atomic E-state index is 13.4. The Bertz CT molecular complexity index is 813. The van der Waals surface area contributed by atoms with Gasteiger partial charge in [-0.05, 0) is 36.8 Å². The van der Waals surface area contributed by atoms with Crippen LogP contribution in [0.25, 0.3) is 0 Å². The summed E-state index contributed by atoms with van der Waals surface area (Å²) in [7, 11) is 0. The molecule has 2 aromatic rings. The minimum atomic E-state index is -0.427. The summed E-state index contributed by atoms with van der Waals surface area (Å²) in [5.41, 5.74) is 7.78. The van der Waals surface area contributed by atoms with Crippen molar-refractivity contribution in [2.45, 2.75) is 31.1 Å². The molecule has 3 amide bonds. The number of nitrogens with zero attached hydrogens (tertiary/aromatic N) is 2. The Kier molecular flexibility index (Phi) is 5.56. The van der Waals surface area contributed by atoms with E-state index in [-0.39, 0.29) is 17.2 Å². The van der Waals surface area contributed by atoms with E-state index in [1.54, 1.807) is 4.90 Å². The zero-order valence-corrected chi connectivity index (χ0v) is 16.8. The van der Waals surface area contributed by atoms with Crippen LogP contribution in [-0.2, 0) is 10.2 Å². The smallest absolute Gasteiger partial charge is 0.314 e. The number of rotatable bonds is 3. The van der Waals surface area contributed by atoms with Crippen LogP contribution in [0, 0.1) is 5.92 Å². The molecule has 0 radical (unpaired) electrons. The molecule has 2 fully saturated rings. The van der Waals surface area contributed by atoms with Crippen LogP contribution in [0.4, 0.5) is 4.79 Å². The SMILES string of the molecule is NC(=O)N1CCC[C@H](C(=O)N2CCCC(c3ccccc3)(c3ccccc3)C2)C1. The quantitative estimate of drug-likeness (QED) is 0.872. The van der Waals surface area contributed by atoms with Gasteiger partial charge in [-0.25, -0.2) is 4.79 Å². The summed E-state index contributed by atoms with van der Waals surface area (Å²) in [6.45, 7) is 2.53. The van der Waals surface area contributed by atoms with Gasteiger partial charge in [0.15, 0.2) is 0 Å². The van der Waals surface area contributed by atoms with Crippen LogP contribution in [0.5, 0.6) is 0 Å². The van der Waals surface area contributed by atoms with Gasteiger partial charge in [0, 0.05) is 31.6 Å². The van der Waals surface area contributed by atoms with Gasteiger partial charge in [-0.3, -0.25) is 4.79 Å². The molecule has 2 saturated heterocycles. The third-order valence-corrected chi connectivity index (χ3v) is 6.54. The topological polar surface area (TPSA) is 66.6 Å². The molecule has 4 rings (SSSR count). The summed E-state index contributed by atoms with van der Waals surface area (Å²) in [5.74, 6) is 0.00508. The van der Waals surface area contributed by atoms with E-state index in [9.17, 15) is 9.59 Å². The fourth-order valence-corrected chi connectivity index (χ4v) is 5.03. The van der Waals surface area contributed by atoms with E-state index in [2.05, 4.69) is 48.5 Å². The molecule has 2 N–H and O–H groups in total. The van der Waals surface area contributed by atoms with Gasteiger partial charge in [-0.15, -0.1) is 0 Å². The number of urea groups is 1. The maximum absolute atomic E-state index is 13.4. The number of likely N-dealkylation sites (tertiary alicyclic amines) is 2. The first-order chi connectivity index (χ1) is 14.1. The highest BCUT2D eigenvalue weighted by atomic mass is 16.2. The Morgan fingerprint density at radius 2 is 1.45 bits per heavy atom. The van der Waals surface area contributed by atoms with Gasteiger partial charge in [0.05, 0.1) is 5.92 Å². The molecule has 1 atom stereocenters. The summed E-state index contributed by atoms with van der Waals surface area (Å²) >= 11 is 0. The summed E-state index contributed by atoms with van der Waals surface area (Å²) in [6.07, 6.45) is 3.63. The number of primary amides is 1. The highest BCUT2D eigenvalue weighted by Crippen LogP contribution is 2.40. The predicted octanol–water partition coefficient (Wildman–Crippen LogP) is 3.39. The fraction of sp³-hybridized carbons (Fsp3) is 0.417. The maximum Gasteiger partial charge on any atom is 0.314 e. The summed E-state index contributed by atoms with van der Waals surface area (Å²) < 4.78 is 0. The molecule has 29 heavy (non-hydrogen) atoms. The Labute approximate surface area is 172 Å². The van der Waals surface area contributed by atoms with Crippen molar-refractivity contribution in [2.75, 3.05) is 26.2 Å². The summed E-state index contributed by atoms with van der Waals surface area (Å²) in [4.78, 5) is 28.6. The van der Waals surface area contributed by atoms with Crippen molar-refractivity contribution in [2.24, 2.45) is 11.7 Å². The minimum Gasteiger partial charge on any atom is -0.351 e. The molecule has 0 spiro atoms. The van der Waals surface area contributed by atoms with Crippen molar-refractivity contribution in [3.05, 3.63) is 71.8 Å². The van der Waals surface area contributed by atoms with E-state index in [1.165, 1.54) is 11.1 Å². The van der Waals surface area contributed by atoms with E-state index in [4.69, 9.17) is 5.73 Å². The highest BCUT2D eigenvalue weighted by Gasteiger charge is 2.41. The Morgan fingerprint density at radius 3 is 2.03 bits per heavy atom. The van der Waals surface area contributed by atoms with Gasteiger partial charge in [0.1, 0.15) is 0 Å². The first kappa shape index (κ1) is 19.5. The fourth-order valence-electron chi connectivity index (χ4n) is 5.03. The van der Waals surface area contributed by atoms with E-state index in [0.29, 0.717) is 19.6 Å². The number of hydrogen-bond acceptors (Lipinski definition) is 2. The lowest BCUT2D eigenvalue weighted by molar-refractivity contribution is -0.138. The van der Waals surface area contributed by atoms with Crippen molar-refractivity contribution < 1.29 is 9.59 Å². The Morgan fingerprint density at radius 1 is 0.862 bits per heavy atom. The van der Waals surface area contributed by atoms with Crippen molar-refractivity contribution in [1.82, 2.24) is 9.80 Å². The molecular formula is C24H29N3O2. The molecule has 0 unspecified atom stereocenters. The summed E-state index contributed by atoms with van der Waals surface area (Å²) in [6, 6.07) is 20.7. The second kappa shape index (κ2) is 8.27. The van der Waals surface area contributed by atoms with Crippen LogP contribution in [0.1, 0.15) is 36.8 Å². The molecule has 2 aliphatic heterocycles. The highest BCUT2D eigenvalue weighted by molar-refractivity contribution is 5.81. The molecule has 152 valence electrons. The van der Waals surface area contributed by atoms with Crippen molar-refractivity contribution in [1.29, 1.82) is 0 Å². The second-order valence-electron chi connectivity index (χ2n) is 8.30. The Hall–Kier alpha value is -2.82. The largest absolute Gasteiger partial charge is 0.351 e. The van der Waals surface area contributed by atoms with Gasteiger partial charge in [-0.1, -0.05) is 60.7 Å². The molecule has 0 saturated carbocycles. The van der Waals surface area contributed by atoms with Gasteiger partial charge in [0.25, 0.3) is 0 Å². The van der Waals surface area contributed by atoms with Crippen LogP contribution in [-0.4, -0.2) is 47.9 Å². The van der Waals surface area contributed by atoms with Gasteiger partial charge < -0.3 is 15.5 Å². The molecule has 2 heterocycles. The lowest BCUT2D eigenvalue weighted by atomic mass is 9.69. The number of carbonyl (C=O) groups is 2. The van der Waals surface area contributed by atoms with Crippen molar-refractivity contribution in [3.8, 4) is 0 Å². The molecule has 0 bridgehead atoms. The summed E-state index contributed by atoms with van der Waals surface area (Å²) in [5, 5.41) is 0. The molecular weight excluding hydrogens is 362 g/mol. The zero-order chi connectivity index (χ0) is 20.3. The standard InChI is InChI=1S/C24H29N3O2/c25-23(29)26-15-7-9-19(17-26)22(28)27-16-8-14-24(18-27,20-10-3-1-4-11-20)21-12-5-2-6-13-21/h1-6,10-13,19H,7-9,14-18H2,(H2,25,29)/t19-/m0/s1. The van der Waals surface area contributed by atoms with Crippen molar-refractivity contribution >= 4 is 11.9 Å². The van der Waals surface area contributed by atoms with E-state index in [1.807, 2.05) is 17.0 Å². The average molecular weight is 392 g/mol. The zero-order valence-electron chi connectivity index (χ0n) is 16.8. The molecule has 5 heteroatoms. The monoisotopic (exact) mass is 391 g/mol. The predicted molar refractivity (Wildman–Crippen MR) is 113 cm³/mol. The third kappa shape index (κ3) is 3.86. The van der Waals surface area contributed by atoms with E-state index < -0.39 is 6.03 Å². The van der Waals surface area contributed by atoms with Gasteiger partial charge >= 0.3 is 6.03 Å². The van der Waals surface area contributed by atoms with Crippen LogP contribution in [0.3, 0.4) is 0 Å². The second-order valence-corrected chi connectivity index (χ2v) is 8.30. The Balaban J connectivity index is 1.62. The molecule has 0 aromatic heterocycles. The first-order valence-corrected chi connectivity index (χ1v) is 10.5. The van der Waals surface area contributed by atoms with Gasteiger partial charge in [-0.2, -0.15) is 0 Å². The number of carbonyl (C=O) groups excluding carboxylic acids is 2. The normalized spacial score (nSPS) is 21.6. The van der Waals surface area contributed by atoms with Crippen LogP contribution in [0.15, 0.2) is 60.7 Å². The van der Waals surface area contributed by atoms with Crippen molar-refractivity contribution in [3.63, 3.8) is 0 Å². The van der Waals surface area contributed by atoms with Crippen LogP contribution in [0.2, 0.25) is 0 Å². The number of amides is 3. The van der Waals surface area contributed by atoms with E-state index >= 15 is 0 Å². The number of hydrogen-bond donors (Lipinski definition) is 1. The number of benzene rings is 2. The first-order valence-electron chi connectivity index (χ1n) is 10.5. The molecule has 5 nitrogen and oxygen atoms in total. The molecule has 2 aliphatic rings. The number of nitrogens with two attached hydrogens (primary N) is 1. The molecule has 0 aliphatic carbocycles. The average Bonchev–Trinajstić information content (AvgIpc) is 2.80. The lowest BCUT2D eigenvalue weighted by Crippen LogP contribution is -2.53. The molecule has 2 aromatic carbocycles. The lowest BCUT2D eigenvalue weighted by Gasteiger charge is -2.45. The van der Waals surface area contributed by atoms with Crippen LogP contribution < -0.4 is 5.73 Å². The van der Waals surface area contributed by atoms with Crippen LogP contribution >= 0.6 is 0 Å². The van der Waals surface area contributed by atoms with E-state index in [0.717, 1.165) is 32.2 Å². The number of piperidine rings is 2. The minimum absolute atomic E-state index is 0.154. The third-order valence-electron chi connectivity index (χ3n) is 6.54.